The first-order valence-electron chi connectivity index (χ1n) is 5.00. The molecular formula is C13H7ClO2S. The average molecular weight is 263 g/mol. The highest BCUT2D eigenvalue weighted by Gasteiger charge is 2.08. The quantitative estimate of drug-likeness (QED) is 0.705. The molecule has 0 atom stereocenters. The molecule has 0 aliphatic heterocycles. The molecule has 0 spiro atoms. The first kappa shape index (κ1) is 10.6. The van der Waals surface area contributed by atoms with Gasteiger partial charge in [-0.1, -0.05) is 23.7 Å². The van der Waals surface area contributed by atoms with Crippen molar-refractivity contribution in [2.45, 2.75) is 0 Å². The maximum atomic E-state index is 10.9. The monoisotopic (exact) mass is 262 g/mol. The predicted octanol–water partition coefficient (Wildman–Crippen LogP) is 4.41. The van der Waals surface area contributed by atoms with E-state index in [-0.39, 0.29) is 0 Å². The van der Waals surface area contributed by atoms with Gasteiger partial charge in [0.1, 0.15) is 0 Å². The summed E-state index contributed by atoms with van der Waals surface area (Å²) in [4.78, 5) is 10.9. The number of hydrogen-bond acceptors (Lipinski definition) is 2. The standard InChI is InChI=1S/C13H7ClO2S/c14-8-2-4-10-9-3-1-7(13(15)16)5-11(9)17-12(10)6-8/h1-6H,(H,15,16). The van der Waals surface area contributed by atoms with Gasteiger partial charge in [-0.25, -0.2) is 4.79 Å². The molecule has 17 heavy (non-hydrogen) atoms. The first-order chi connectivity index (χ1) is 8.15. The molecule has 4 heteroatoms. The van der Waals surface area contributed by atoms with E-state index in [2.05, 4.69) is 0 Å². The summed E-state index contributed by atoms with van der Waals surface area (Å²) in [5.41, 5.74) is 0.315. The number of aromatic carboxylic acids is 1. The van der Waals surface area contributed by atoms with Crippen molar-refractivity contribution in [3.8, 4) is 0 Å². The summed E-state index contributed by atoms with van der Waals surface area (Å²) >= 11 is 7.50. The molecule has 1 aromatic heterocycles. The number of rotatable bonds is 1. The van der Waals surface area contributed by atoms with Crippen LogP contribution in [0.3, 0.4) is 0 Å². The predicted molar refractivity (Wildman–Crippen MR) is 71.3 cm³/mol. The van der Waals surface area contributed by atoms with E-state index in [9.17, 15) is 4.79 Å². The molecular weight excluding hydrogens is 256 g/mol. The molecule has 0 aliphatic carbocycles. The van der Waals surface area contributed by atoms with Crippen molar-refractivity contribution in [2.75, 3.05) is 0 Å². The van der Waals surface area contributed by atoms with Crippen LogP contribution in [0.25, 0.3) is 20.2 Å². The van der Waals surface area contributed by atoms with Gasteiger partial charge in [-0.15, -0.1) is 11.3 Å². The summed E-state index contributed by atoms with van der Waals surface area (Å²) in [7, 11) is 0. The molecule has 3 rings (SSSR count). The summed E-state index contributed by atoms with van der Waals surface area (Å²) in [6, 6.07) is 10.9. The van der Waals surface area contributed by atoms with Crippen LogP contribution in [-0.2, 0) is 0 Å². The van der Waals surface area contributed by atoms with Gasteiger partial charge in [0.2, 0.25) is 0 Å². The third kappa shape index (κ3) is 1.68. The molecule has 84 valence electrons. The molecule has 3 aromatic rings. The second-order valence-electron chi connectivity index (χ2n) is 3.76. The van der Waals surface area contributed by atoms with Gasteiger partial charge >= 0.3 is 5.97 Å². The molecule has 1 N–H and O–H groups in total. The number of hydrogen-bond donors (Lipinski definition) is 1. The third-order valence-corrected chi connectivity index (χ3v) is 4.03. The Hall–Kier alpha value is -1.58. The normalized spacial score (nSPS) is 11.1. The molecule has 2 nitrogen and oxygen atoms in total. The van der Waals surface area contributed by atoms with Crippen LogP contribution < -0.4 is 0 Å². The summed E-state index contributed by atoms with van der Waals surface area (Å²) < 4.78 is 2.05. The van der Waals surface area contributed by atoms with E-state index in [0.29, 0.717) is 10.6 Å². The van der Waals surface area contributed by atoms with Crippen LogP contribution in [-0.4, -0.2) is 11.1 Å². The van der Waals surface area contributed by atoms with E-state index in [1.54, 1.807) is 23.5 Å². The third-order valence-electron chi connectivity index (χ3n) is 2.68. The highest BCUT2D eigenvalue weighted by atomic mass is 35.5. The fourth-order valence-electron chi connectivity index (χ4n) is 1.88. The highest BCUT2D eigenvalue weighted by molar-refractivity contribution is 7.25. The van der Waals surface area contributed by atoms with E-state index in [0.717, 1.165) is 20.2 Å². The Kier molecular flexibility index (Phi) is 2.31. The Morgan fingerprint density at radius 3 is 2.41 bits per heavy atom. The maximum Gasteiger partial charge on any atom is 0.335 e. The van der Waals surface area contributed by atoms with Crippen molar-refractivity contribution < 1.29 is 9.90 Å². The minimum absolute atomic E-state index is 0.315. The van der Waals surface area contributed by atoms with Crippen molar-refractivity contribution in [1.29, 1.82) is 0 Å². The van der Waals surface area contributed by atoms with E-state index in [1.807, 2.05) is 24.3 Å². The summed E-state index contributed by atoms with van der Waals surface area (Å²) in [6.07, 6.45) is 0. The largest absolute Gasteiger partial charge is 0.478 e. The van der Waals surface area contributed by atoms with Gasteiger partial charge in [0.05, 0.1) is 5.56 Å². The van der Waals surface area contributed by atoms with Crippen LogP contribution in [0.15, 0.2) is 36.4 Å². The molecule has 1 heterocycles. The lowest BCUT2D eigenvalue weighted by molar-refractivity contribution is 0.0697. The average Bonchev–Trinajstić information content (AvgIpc) is 2.64. The zero-order chi connectivity index (χ0) is 12.0. The summed E-state index contributed by atoms with van der Waals surface area (Å²) in [5, 5.41) is 11.8. The van der Waals surface area contributed by atoms with E-state index in [4.69, 9.17) is 16.7 Å². The number of carboxylic acid groups (broad SMARTS) is 1. The summed E-state index contributed by atoms with van der Waals surface area (Å²) in [5.74, 6) is -0.901. The smallest absolute Gasteiger partial charge is 0.335 e. The van der Waals surface area contributed by atoms with Crippen molar-refractivity contribution in [2.24, 2.45) is 0 Å². The number of fused-ring (bicyclic) bond motifs is 3. The lowest BCUT2D eigenvalue weighted by atomic mass is 10.1. The van der Waals surface area contributed by atoms with Crippen molar-refractivity contribution in [3.63, 3.8) is 0 Å². The lowest BCUT2D eigenvalue weighted by Crippen LogP contribution is -1.94. The van der Waals surface area contributed by atoms with Crippen molar-refractivity contribution in [1.82, 2.24) is 0 Å². The number of halogens is 1. The van der Waals surface area contributed by atoms with Crippen LogP contribution in [0.2, 0.25) is 5.02 Å². The first-order valence-corrected chi connectivity index (χ1v) is 6.20. The Labute approximate surface area is 106 Å². The fraction of sp³-hybridized carbons (Fsp3) is 0. The number of thiophene rings is 1. The van der Waals surface area contributed by atoms with Crippen LogP contribution in [0, 0.1) is 0 Å². The van der Waals surface area contributed by atoms with Crippen molar-refractivity contribution in [3.05, 3.63) is 47.0 Å². The van der Waals surface area contributed by atoms with Gasteiger partial charge in [-0.3, -0.25) is 0 Å². The van der Waals surface area contributed by atoms with Gasteiger partial charge < -0.3 is 5.11 Å². The molecule has 0 fully saturated rings. The zero-order valence-electron chi connectivity index (χ0n) is 8.61. The van der Waals surface area contributed by atoms with E-state index < -0.39 is 5.97 Å². The maximum absolute atomic E-state index is 10.9. The van der Waals surface area contributed by atoms with Crippen LogP contribution in [0.4, 0.5) is 0 Å². The Morgan fingerprint density at radius 2 is 1.71 bits per heavy atom. The van der Waals surface area contributed by atoms with E-state index in [1.165, 1.54) is 0 Å². The van der Waals surface area contributed by atoms with Crippen molar-refractivity contribution >= 4 is 49.1 Å². The molecule has 2 aromatic carbocycles. The van der Waals surface area contributed by atoms with Gasteiger partial charge in [0, 0.05) is 25.2 Å². The minimum atomic E-state index is -0.901. The second kappa shape index (κ2) is 3.72. The van der Waals surface area contributed by atoms with Gasteiger partial charge in [0.25, 0.3) is 0 Å². The Balaban J connectivity index is 2.38. The lowest BCUT2D eigenvalue weighted by Gasteiger charge is -1.94. The van der Waals surface area contributed by atoms with Gasteiger partial charge in [-0.05, 0) is 24.3 Å². The Bertz CT molecular complexity index is 746. The fourth-order valence-corrected chi connectivity index (χ4v) is 3.31. The molecule has 0 unspecified atom stereocenters. The zero-order valence-corrected chi connectivity index (χ0v) is 10.2. The van der Waals surface area contributed by atoms with Crippen LogP contribution in [0.1, 0.15) is 10.4 Å². The molecule has 0 amide bonds. The number of carbonyl (C=O) groups is 1. The number of carboxylic acids is 1. The molecule has 0 radical (unpaired) electrons. The molecule has 0 aliphatic rings. The SMILES string of the molecule is O=C(O)c1ccc2c(c1)sc1cc(Cl)ccc12. The van der Waals surface area contributed by atoms with Gasteiger partial charge in [-0.2, -0.15) is 0 Å². The summed E-state index contributed by atoms with van der Waals surface area (Å²) in [6.45, 7) is 0. The van der Waals surface area contributed by atoms with Gasteiger partial charge in [0.15, 0.2) is 0 Å². The Morgan fingerprint density at radius 1 is 1.06 bits per heavy atom. The van der Waals surface area contributed by atoms with E-state index >= 15 is 0 Å². The molecule has 0 saturated heterocycles. The topological polar surface area (TPSA) is 37.3 Å². The van der Waals surface area contributed by atoms with Crippen LogP contribution >= 0.6 is 22.9 Å². The molecule has 0 saturated carbocycles. The number of benzene rings is 2. The highest BCUT2D eigenvalue weighted by Crippen LogP contribution is 2.35. The molecule has 0 bridgehead atoms. The van der Waals surface area contributed by atoms with Crippen LogP contribution in [0.5, 0.6) is 0 Å². The second-order valence-corrected chi connectivity index (χ2v) is 5.28. The minimum Gasteiger partial charge on any atom is -0.478 e.